The van der Waals surface area contributed by atoms with Crippen LogP contribution < -0.4 is 15.4 Å². The van der Waals surface area contributed by atoms with Crippen LogP contribution in [0.5, 0.6) is 5.75 Å². The highest BCUT2D eigenvalue weighted by atomic mass is 35.5. The van der Waals surface area contributed by atoms with Crippen molar-refractivity contribution in [1.29, 1.82) is 0 Å². The smallest absolute Gasteiger partial charge is 0.320 e. The third-order valence-corrected chi connectivity index (χ3v) is 5.93. The van der Waals surface area contributed by atoms with Crippen molar-refractivity contribution in [1.82, 2.24) is 15.2 Å². The molecule has 2 atom stereocenters. The molecule has 1 aromatic heterocycles. The van der Waals surface area contributed by atoms with Gasteiger partial charge < -0.3 is 15.0 Å². The first-order valence-corrected chi connectivity index (χ1v) is 10.6. The Labute approximate surface area is 180 Å². The van der Waals surface area contributed by atoms with Gasteiger partial charge in [0.25, 0.3) is 0 Å². The van der Waals surface area contributed by atoms with E-state index in [9.17, 15) is 9.59 Å². The summed E-state index contributed by atoms with van der Waals surface area (Å²) in [5.74, 6) is 1.38. The Morgan fingerprint density at radius 2 is 2.03 bits per heavy atom. The van der Waals surface area contributed by atoms with Gasteiger partial charge in [0.05, 0.1) is 17.7 Å². The summed E-state index contributed by atoms with van der Waals surface area (Å²) in [4.78, 5) is 30.8. The molecule has 1 unspecified atom stereocenters. The molecule has 3 amide bonds. The van der Waals surface area contributed by atoms with Crippen molar-refractivity contribution in [3.05, 3.63) is 52.7 Å². The number of piperidine rings is 1. The molecule has 1 aromatic carbocycles. The Morgan fingerprint density at radius 1 is 1.20 bits per heavy atom. The lowest BCUT2D eigenvalue weighted by Gasteiger charge is -2.31. The van der Waals surface area contributed by atoms with E-state index in [0.29, 0.717) is 36.2 Å². The number of urea groups is 1. The summed E-state index contributed by atoms with van der Waals surface area (Å²) in [6, 6.07) is 10.6. The van der Waals surface area contributed by atoms with E-state index in [0.717, 1.165) is 30.6 Å². The average Bonchev–Trinajstić information content (AvgIpc) is 2.75. The Kier molecular flexibility index (Phi) is 6.08. The molecule has 2 aliphatic rings. The number of ether oxygens (including phenoxy) is 1. The Balaban J connectivity index is 1.42. The molecule has 0 aliphatic carbocycles. The van der Waals surface area contributed by atoms with Crippen LogP contribution in [0.15, 0.2) is 36.4 Å². The van der Waals surface area contributed by atoms with Gasteiger partial charge >= 0.3 is 6.03 Å². The molecule has 1 fully saturated rings. The molecule has 158 valence electrons. The largest absolute Gasteiger partial charge is 0.492 e. The Bertz CT molecular complexity index is 952. The zero-order chi connectivity index (χ0) is 21.1. The first-order valence-electron chi connectivity index (χ1n) is 10.2. The average molecular weight is 429 g/mol. The van der Waals surface area contributed by atoms with Crippen LogP contribution in [-0.2, 0) is 4.79 Å². The number of para-hydroxylation sites is 1. The lowest BCUT2D eigenvalue weighted by Crippen LogP contribution is -2.38. The van der Waals surface area contributed by atoms with E-state index in [1.165, 1.54) is 0 Å². The minimum atomic E-state index is -0.327. The predicted octanol–water partition coefficient (Wildman–Crippen LogP) is 4.11. The lowest BCUT2D eigenvalue weighted by molar-refractivity contribution is -0.130. The Morgan fingerprint density at radius 3 is 2.87 bits per heavy atom. The van der Waals surface area contributed by atoms with Gasteiger partial charge in [-0.15, -0.1) is 0 Å². The molecule has 4 rings (SSSR count). The van der Waals surface area contributed by atoms with Crippen LogP contribution in [0.4, 0.5) is 10.6 Å². The second kappa shape index (κ2) is 8.92. The number of benzene rings is 1. The first kappa shape index (κ1) is 20.5. The van der Waals surface area contributed by atoms with E-state index >= 15 is 0 Å². The van der Waals surface area contributed by atoms with Gasteiger partial charge in [0.1, 0.15) is 11.6 Å². The maximum Gasteiger partial charge on any atom is 0.320 e. The molecule has 0 bridgehead atoms. The number of carbonyl (C=O) groups is 2. The molecule has 2 N–H and O–H groups in total. The molecule has 7 nitrogen and oxygen atoms in total. The topological polar surface area (TPSA) is 83.6 Å². The van der Waals surface area contributed by atoms with Crippen LogP contribution in [-0.4, -0.2) is 41.5 Å². The minimum Gasteiger partial charge on any atom is -0.492 e. The molecule has 0 spiro atoms. The van der Waals surface area contributed by atoms with E-state index in [1.807, 2.05) is 29.2 Å². The van der Waals surface area contributed by atoms with Crippen LogP contribution >= 0.6 is 11.6 Å². The van der Waals surface area contributed by atoms with Crippen molar-refractivity contribution in [2.75, 3.05) is 25.0 Å². The number of nitrogens with zero attached hydrogens (tertiary/aromatic N) is 2. The fourth-order valence-electron chi connectivity index (χ4n) is 4.10. The van der Waals surface area contributed by atoms with Gasteiger partial charge in [-0.3, -0.25) is 10.1 Å². The second-order valence-corrected chi connectivity index (χ2v) is 8.11. The fourth-order valence-corrected chi connectivity index (χ4v) is 4.34. The number of hydrogen-bond donors (Lipinski definition) is 2. The van der Waals surface area contributed by atoms with Crippen molar-refractivity contribution in [3.8, 4) is 5.75 Å². The lowest BCUT2D eigenvalue weighted by atomic mass is 9.94. The highest BCUT2D eigenvalue weighted by Crippen LogP contribution is 2.37. The molecule has 8 heteroatoms. The molecule has 2 aliphatic heterocycles. The normalized spacial score (nSPS) is 20.7. The predicted molar refractivity (Wildman–Crippen MR) is 115 cm³/mol. The van der Waals surface area contributed by atoms with E-state index in [4.69, 9.17) is 16.3 Å². The van der Waals surface area contributed by atoms with Crippen molar-refractivity contribution >= 4 is 29.4 Å². The number of aromatic nitrogens is 1. The summed E-state index contributed by atoms with van der Waals surface area (Å²) in [7, 11) is 0. The summed E-state index contributed by atoms with van der Waals surface area (Å²) in [5.41, 5.74) is 1.76. The maximum absolute atomic E-state index is 12.6. The number of fused-ring (bicyclic) bond motifs is 1. The Hall–Kier alpha value is -2.80. The van der Waals surface area contributed by atoms with E-state index in [1.54, 1.807) is 19.1 Å². The van der Waals surface area contributed by atoms with Crippen molar-refractivity contribution in [2.45, 2.75) is 38.1 Å². The molecular formula is C22H25ClN4O3. The molecule has 30 heavy (non-hydrogen) atoms. The number of likely N-dealkylation sites (tertiary alicyclic amines) is 1. The van der Waals surface area contributed by atoms with Gasteiger partial charge in [-0.25, -0.2) is 9.78 Å². The zero-order valence-electron chi connectivity index (χ0n) is 16.9. The van der Waals surface area contributed by atoms with Gasteiger partial charge in [-0.1, -0.05) is 29.8 Å². The molecule has 0 saturated carbocycles. The summed E-state index contributed by atoms with van der Waals surface area (Å²) in [6.45, 7) is 3.55. The molecule has 3 heterocycles. The van der Waals surface area contributed by atoms with Gasteiger partial charge in [-0.05, 0) is 31.0 Å². The number of carbonyl (C=O) groups excluding carboxylic acids is 2. The van der Waals surface area contributed by atoms with Gasteiger partial charge in [0.2, 0.25) is 5.91 Å². The number of rotatable bonds is 3. The third-order valence-electron chi connectivity index (χ3n) is 5.63. The highest BCUT2D eigenvalue weighted by Gasteiger charge is 2.26. The fraction of sp³-hybridized carbons (Fsp3) is 0.409. The second-order valence-electron chi connectivity index (χ2n) is 7.70. The molecule has 0 radical (unpaired) electrons. The monoisotopic (exact) mass is 428 g/mol. The molecular weight excluding hydrogens is 404 g/mol. The number of amides is 3. The van der Waals surface area contributed by atoms with Crippen molar-refractivity contribution in [3.63, 3.8) is 0 Å². The van der Waals surface area contributed by atoms with Crippen LogP contribution in [0.25, 0.3) is 0 Å². The van der Waals surface area contributed by atoms with E-state index in [2.05, 4.69) is 15.6 Å². The number of pyridine rings is 1. The molecule has 2 aromatic rings. The molecule has 1 saturated heterocycles. The number of anilines is 1. The van der Waals surface area contributed by atoms with Crippen molar-refractivity contribution < 1.29 is 14.3 Å². The van der Waals surface area contributed by atoms with E-state index < -0.39 is 0 Å². The number of halogens is 1. The SMILES string of the molecule is CC(=O)N1CCC[C@@H](c2cccc(NC(=O)NC3CCOc4c(Cl)cccc43)n2)C1. The summed E-state index contributed by atoms with van der Waals surface area (Å²) in [5, 5.41) is 6.37. The quantitative estimate of drug-likeness (QED) is 0.770. The van der Waals surface area contributed by atoms with Crippen LogP contribution in [0, 0.1) is 0 Å². The number of hydrogen-bond acceptors (Lipinski definition) is 4. The van der Waals surface area contributed by atoms with Gasteiger partial charge in [-0.2, -0.15) is 0 Å². The maximum atomic E-state index is 12.6. The van der Waals surface area contributed by atoms with Crippen molar-refractivity contribution in [2.24, 2.45) is 0 Å². The van der Waals surface area contributed by atoms with Crippen LogP contribution in [0.2, 0.25) is 5.02 Å². The summed E-state index contributed by atoms with van der Waals surface area (Å²) in [6.07, 6.45) is 2.60. The minimum absolute atomic E-state index is 0.0882. The first-order chi connectivity index (χ1) is 14.5. The summed E-state index contributed by atoms with van der Waals surface area (Å²) >= 11 is 6.21. The van der Waals surface area contributed by atoms with Crippen LogP contribution in [0.3, 0.4) is 0 Å². The number of nitrogens with one attached hydrogen (secondary N) is 2. The van der Waals surface area contributed by atoms with E-state index in [-0.39, 0.29) is 23.9 Å². The van der Waals surface area contributed by atoms with Gasteiger partial charge in [0.15, 0.2) is 0 Å². The van der Waals surface area contributed by atoms with Crippen LogP contribution in [0.1, 0.15) is 49.4 Å². The third kappa shape index (κ3) is 4.51. The standard InChI is InChI=1S/C22H25ClN4O3/c1-14(28)27-11-4-5-15(13-27)18-8-3-9-20(24-18)26-22(29)25-19-10-12-30-21-16(19)6-2-7-17(21)23/h2-3,6-9,15,19H,4-5,10-13H2,1H3,(H2,24,25,26,29)/t15-,19?/m1/s1. The summed E-state index contributed by atoms with van der Waals surface area (Å²) < 4.78 is 5.65. The highest BCUT2D eigenvalue weighted by molar-refractivity contribution is 6.32. The zero-order valence-corrected chi connectivity index (χ0v) is 17.6. The van der Waals surface area contributed by atoms with Gasteiger partial charge in [0, 0.05) is 43.6 Å².